The van der Waals surface area contributed by atoms with E-state index in [-0.39, 0.29) is 18.5 Å². The van der Waals surface area contributed by atoms with Crippen molar-refractivity contribution in [1.29, 1.82) is 0 Å². The fraction of sp³-hybridized carbons (Fsp3) is 0.970. The molecule has 0 aromatic rings. The summed E-state index contributed by atoms with van der Waals surface area (Å²) >= 11 is 0. The van der Waals surface area contributed by atoms with E-state index in [9.17, 15) is 19.8 Å². The SMILES string of the molecule is CCCCCCCCCCCCCCCCCCCCCCCCCCCC(O)C(CO)NC(=O)CCCCCCCCCCCCCCCCCCCCCOC(=O)CCCCCCCCCCCCC. The van der Waals surface area contributed by atoms with E-state index in [1.54, 1.807) is 0 Å². The number of nitrogens with one attached hydrogen (secondary N) is 1. The lowest BCUT2D eigenvalue weighted by Gasteiger charge is -2.22. The van der Waals surface area contributed by atoms with E-state index in [1.165, 1.54) is 315 Å². The molecule has 1 amide bonds. The highest BCUT2D eigenvalue weighted by Crippen LogP contribution is 2.19. The quantitative estimate of drug-likeness (QED) is 0.0417. The summed E-state index contributed by atoms with van der Waals surface area (Å²) in [4.78, 5) is 24.5. The Kier molecular flexibility index (Phi) is 61.4. The van der Waals surface area contributed by atoms with Gasteiger partial charge in [0, 0.05) is 12.8 Å². The highest BCUT2D eigenvalue weighted by Gasteiger charge is 2.20. The first kappa shape index (κ1) is 70.9. The van der Waals surface area contributed by atoms with Crippen LogP contribution in [0.15, 0.2) is 0 Å². The summed E-state index contributed by atoms with van der Waals surface area (Å²) in [7, 11) is 0. The Bertz CT molecular complexity index is 1040. The molecule has 2 unspecified atom stereocenters. The summed E-state index contributed by atoms with van der Waals surface area (Å²) < 4.78 is 5.47. The molecule has 3 N–H and O–H groups in total. The second-order valence-electron chi connectivity index (χ2n) is 23.2. The maximum Gasteiger partial charge on any atom is 0.305 e. The van der Waals surface area contributed by atoms with Crippen molar-refractivity contribution in [3.05, 3.63) is 0 Å². The third-order valence-electron chi connectivity index (χ3n) is 15.9. The zero-order chi connectivity index (χ0) is 52.2. The number of aliphatic hydroxyl groups excluding tert-OH is 2. The minimum absolute atomic E-state index is 0.0103. The minimum Gasteiger partial charge on any atom is -0.466 e. The van der Waals surface area contributed by atoms with Crippen molar-refractivity contribution in [3.63, 3.8) is 0 Å². The smallest absolute Gasteiger partial charge is 0.305 e. The van der Waals surface area contributed by atoms with Crippen LogP contribution in [-0.4, -0.2) is 47.4 Å². The van der Waals surface area contributed by atoms with Gasteiger partial charge < -0.3 is 20.3 Å². The molecule has 0 aliphatic carbocycles. The van der Waals surface area contributed by atoms with Gasteiger partial charge in [-0.25, -0.2) is 0 Å². The van der Waals surface area contributed by atoms with E-state index in [4.69, 9.17) is 4.74 Å². The Hall–Kier alpha value is -1.14. The molecule has 6 heteroatoms. The summed E-state index contributed by atoms with van der Waals surface area (Å²) in [6, 6.07) is -0.544. The molecule has 0 saturated heterocycles. The summed E-state index contributed by atoms with van der Waals surface area (Å²) in [6.45, 7) is 4.98. The van der Waals surface area contributed by atoms with E-state index in [1.807, 2.05) is 0 Å². The van der Waals surface area contributed by atoms with Gasteiger partial charge in [-0.15, -0.1) is 0 Å². The van der Waals surface area contributed by atoms with Crippen LogP contribution >= 0.6 is 0 Å². The monoisotopic (exact) mass is 1020 g/mol. The van der Waals surface area contributed by atoms with Crippen LogP contribution in [0.3, 0.4) is 0 Å². The van der Waals surface area contributed by atoms with Crippen molar-refractivity contribution < 1.29 is 24.5 Å². The molecule has 0 saturated carbocycles. The van der Waals surface area contributed by atoms with Crippen LogP contribution in [0.4, 0.5) is 0 Å². The molecule has 0 heterocycles. The standard InChI is InChI=1S/C66H131NO5/c1-3-5-7-9-11-13-15-16-17-18-19-20-21-22-23-24-26-29-32-35-39-42-46-50-54-58-64(69)63(62-68)67-65(70)59-55-51-47-43-40-36-33-30-27-25-28-31-34-37-41-45-49-53-57-61-72-66(71)60-56-52-48-44-38-14-12-10-8-6-4-2/h63-64,68-69H,3-62H2,1-2H3,(H,67,70). The van der Waals surface area contributed by atoms with Crippen LogP contribution < -0.4 is 5.32 Å². The van der Waals surface area contributed by atoms with Crippen molar-refractivity contribution in [2.24, 2.45) is 0 Å². The number of aliphatic hydroxyl groups is 2. The lowest BCUT2D eigenvalue weighted by atomic mass is 10.0. The van der Waals surface area contributed by atoms with Gasteiger partial charge in [0.1, 0.15) is 0 Å². The Balaban J connectivity index is 3.39. The molecule has 0 radical (unpaired) electrons. The van der Waals surface area contributed by atoms with Gasteiger partial charge in [0.05, 0.1) is 25.4 Å². The molecule has 0 aliphatic rings. The van der Waals surface area contributed by atoms with Crippen LogP contribution in [-0.2, 0) is 14.3 Å². The lowest BCUT2D eigenvalue weighted by Crippen LogP contribution is -2.45. The predicted octanol–water partition coefficient (Wildman–Crippen LogP) is 21.0. The zero-order valence-corrected chi connectivity index (χ0v) is 49.2. The van der Waals surface area contributed by atoms with Crippen LogP contribution in [0.1, 0.15) is 386 Å². The molecular weight excluding hydrogens is 887 g/mol. The molecule has 72 heavy (non-hydrogen) atoms. The number of ether oxygens (including phenoxy) is 1. The maximum absolute atomic E-state index is 12.5. The Morgan fingerprint density at radius 1 is 0.333 bits per heavy atom. The van der Waals surface area contributed by atoms with Crippen molar-refractivity contribution in [2.45, 2.75) is 398 Å². The molecule has 0 fully saturated rings. The number of amides is 1. The molecule has 430 valence electrons. The molecular formula is C66H131NO5. The average Bonchev–Trinajstić information content (AvgIpc) is 3.38. The molecule has 0 rings (SSSR count). The van der Waals surface area contributed by atoms with Gasteiger partial charge in [-0.05, 0) is 25.7 Å². The topological polar surface area (TPSA) is 95.9 Å². The molecule has 0 bridgehead atoms. The van der Waals surface area contributed by atoms with Crippen molar-refractivity contribution in [2.75, 3.05) is 13.2 Å². The summed E-state index contributed by atoms with van der Waals surface area (Å²) in [5.74, 6) is -0.0220. The Morgan fingerprint density at radius 3 is 0.847 bits per heavy atom. The summed E-state index contributed by atoms with van der Waals surface area (Å²) in [5, 5.41) is 23.4. The van der Waals surface area contributed by atoms with E-state index in [0.29, 0.717) is 25.9 Å². The largest absolute Gasteiger partial charge is 0.466 e. The first-order valence-corrected chi connectivity index (χ1v) is 33.3. The van der Waals surface area contributed by atoms with Gasteiger partial charge in [0.25, 0.3) is 0 Å². The Morgan fingerprint density at radius 2 is 0.569 bits per heavy atom. The van der Waals surface area contributed by atoms with Crippen molar-refractivity contribution in [3.8, 4) is 0 Å². The highest BCUT2D eigenvalue weighted by molar-refractivity contribution is 5.76. The number of hydrogen-bond acceptors (Lipinski definition) is 5. The summed E-state index contributed by atoms with van der Waals surface area (Å²) in [6.07, 6.45) is 74.1. The molecule has 2 atom stereocenters. The molecule has 0 aliphatic heterocycles. The third-order valence-corrected chi connectivity index (χ3v) is 15.9. The number of hydrogen-bond donors (Lipinski definition) is 3. The highest BCUT2D eigenvalue weighted by atomic mass is 16.5. The van der Waals surface area contributed by atoms with Crippen LogP contribution in [0, 0.1) is 0 Å². The van der Waals surface area contributed by atoms with Crippen molar-refractivity contribution >= 4 is 11.9 Å². The van der Waals surface area contributed by atoms with Gasteiger partial charge in [-0.1, -0.05) is 348 Å². The maximum atomic E-state index is 12.5. The van der Waals surface area contributed by atoms with E-state index >= 15 is 0 Å². The van der Waals surface area contributed by atoms with Crippen LogP contribution in [0.5, 0.6) is 0 Å². The first-order valence-electron chi connectivity index (χ1n) is 33.3. The first-order chi connectivity index (χ1) is 35.5. The number of esters is 1. The third kappa shape index (κ3) is 58.1. The normalized spacial score (nSPS) is 12.4. The number of carbonyl (C=O) groups excluding carboxylic acids is 2. The molecule has 0 aromatic carbocycles. The molecule has 6 nitrogen and oxygen atoms in total. The van der Waals surface area contributed by atoms with Gasteiger partial charge >= 0.3 is 5.97 Å². The van der Waals surface area contributed by atoms with Crippen LogP contribution in [0.25, 0.3) is 0 Å². The predicted molar refractivity (Wildman–Crippen MR) is 315 cm³/mol. The van der Waals surface area contributed by atoms with Gasteiger partial charge in [0.2, 0.25) is 5.91 Å². The Labute approximate surface area is 451 Å². The number of rotatable bonds is 63. The number of unbranched alkanes of at least 4 members (excludes halogenated alkanes) is 52. The van der Waals surface area contributed by atoms with Gasteiger partial charge in [-0.3, -0.25) is 9.59 Å². The van der Waals surface area contributed by atoms with E-state index in [2.05, 4.69) is 19.2 Å². The second-order valence-corrected chi connectivity index (χ2v) is 23.2. The molecule has 0 aromatic heterocycles. The molecule has 0 spiro atoms. The average molecular weight is 1020 g/mol. The second kappa shape index (κ2) is 62.4. The van der Waals surface area contributed by atoms with Gasteiger partial charge in [0.15, 0.2) is 0 Å². The van der Waals surface area contributed by atoms with E-state index in [0.717, 1.165) is 38.5 Å². The number of carbonyl (C=O) groups is 2. The summed E-state index contributed by atoms with van der Waals surface area (Å²) in [5.41, 5.74) is 0. The zero-order valence-electron chi connectivity index (χ0n) is 49.2. The minimum atomic E-state index is -0.666. The van der Waals surface area contributed by atoms with Crippen molar-refractivity contribution in [1.82, 2.24) is 5.32 Å². The fourth-order valence-electron chi connectivity index (χ4n) is 10.8. The van der Waals surface area contributed by atoms with Gasteiger partial charge in [-0.2, -0.15) is 0 Å². The fourth-order valence-corrected chi connectivity index (χ4v) is 10.8. The van der Waals surface area contributed by atoms with E-state index < -0.39 is 12.1 Å². The lowest BCUT2D eigenvalue weighted by molar-refractivity contribution is -0.143. The van der Waals surface area contributed by atoms with Crippen LogP contribution in [0.2, 0.25) is 0 Å².